The maximum atomic E-state index is 5.04. The lowest BCUT2D eigenvalue weighted by Gasteiger charge is -2.16. The molecule has 0 saturated carbocycles. The highest BCUT2D eigenvalue weighted by Crippen LogP contribution is 2.28. The number of para-hydroxylation sites is 2. The molecule has 3 aromatic carbocycles. The molecule has 0 fully saturated rings. The molecule has 0 amide bonds. The highest BCUT2D eigenvalue weighted by molar-refractivity contribution is 5.76. The predicted molar refractivity (Wildman–Crippen MR) is 123 cm³/mol. The summed E-state index contributed by atoms with van der Waals surface area (Å²) in [6.07, 6.45) is 1.13. The van der Waals surface area contributed by atoms with Gasteiger partial charge in [0.2, 0.25) is 0 Å². The Kier molecular flexibility index (Phi) is 5.53. The van der Waals surface area contributed by atoms with Crippen LogP contribution in [-0.4, -0.2) is 9.55 Å². The number of aromatic nitrogens is 2. The molecule has 29 heavy (non-hydrogen) atoms. The second-order valence-corrected chi connectivity index (χ2v) is 8.60. The quantitative estimate of drug-likeness (QED) is 0.361. The van der Waals surface area contributed by atoms with E-state index in [0.717, 1.165) is 24.3 Å². The van der Waals surface area contributed by atoms with E-state index >= 15 is 0 Å². The van der Waals surface area contributed by atoms with Gasteiger partial charge in [0, 0.05) is 12.5 Å². The summed E-state index contributed by atoms with van der Waals surface area (Å²) in [7, 11) is 0. The summed E-state index contributed by atoms with van der Waals surface area (Å²) in [4.78, 5) is 5.04. The summed E-state index contributed by atoms with van der Waals surface area (Å²) in [6, 6.07) is 26.3. The van der Waals surface area contributed by atoms with Crippen LogP contribution >= 0.6 is 0 Å². The third-order valence-corrected chi connectivity index (χ3v) is 5.62. The fourth-order valence-corrected chi connectivity index (χ4v) is 4.15. The average molecular weight is 383 g/mol. The highest BCUT2D eigenvalue weighted by atomic mass is 15.1. The van der Waals surface area contributed by atoms with Crippen molar-refractivity contribution < 1.29 is 0 Å². The first-order valence-corrected chi connectivity index (χ1v) is 10.6. The fraction of sp³-hybridized carbons (Fsp3) is 0.296. The Labute approximate surface area is 174 Å². The van der Waals surface area contributed by atoms with Crippen LogP contribution in [0.15, 0.2) is 72.8 Å². The van der Waals surface area contributed by atoms with Crippen LogP contribution in [0, 0.1) is 12.8 Å². The van der Waals surface area contributed by atoms with Crippen molar-refractivity contribution in [3.8, 4) is 0 Å². The van der Waals surface area contributed by atoms with E-state index in [1.54, 1.807) is 0 Å². The Balaban J connectivity index is 1.72. The Morgan fingerprint density at radius 3 is 2.31 bits per heavy atom. The second-order valence-electron chi connectivity index (χ2n) is 8.60. The zero-order valence-electron chi connectivity index (χ0n) is 17.9. The van der Waals surface area contributed by atoms with Gasteiger partial charge < -0.3 is 4.57 Å². The Morgan fingerprint density at radius 1 is 0.828 bits per heavy atom. The summed E-state index contributed by atoms with van der Waals surface area (Å²) in [5.41, 5.74) is 7.60. The van der Waals surface area contributed by atoms with E-state index in [1.165, 1.54) is 27.8 Å². The van der Waals surface area contributed by atoms with Gasteiger partial charge in [-0.3, -0.25) is 0 Å². The maximum absolute atomic E-state index is 5.04. The molecular weight excluding hydrogens is 352 g/mol. The van der Waals surface area contributed by atoms with Crippen molar-refractivity contribution in [1.29, 1.82) is 0 Å². The molecule has 2 nitrogen and oxygen atoms in total. The summed E-state index contributed by atoms with van der Waals surface area (Å²) in [5, 5.41) is 0. The van der Waals surface area contributed by atoms with Gasteiger partial charge in [0.25, 0.3) is 0 Å². The molecule has 0 unspecified atom stereocenters. The minimum absolute atomic E-state index is 0.236. The Bertz CT molecular complexity index is 1100. The van der Waals surface area contributed by atoms with E-state index in [9.17, 15) is 0 Å². The molecule has 1 heterocycles. The highest BCUT2D eigenvalue weighted by Gasteiger charge is 2.18. The third kappa shape index (κ3) is 4.27. The largest absolute Gasteiger partial charge is 0.323 e. The minimum Gasteiger partial charge on any atom is -0.323 e. The number of aryl methyl sites for hydroxylation is 1. The molecule has 2 heteroatoms. The van der Waals surface area contributed by atoms with E-state index in [0.29, 0.717) is 5.92 Å². The molecule has 0 spiro atoms. The van der Waals surface area contributed by atoms with Gasteiger partial charge in [0.05, 0.1) is 11.0 Å². The molecule has 4 rings (SSSR count). The molecule has 0 aliphatic heterocycles. The fourth-order valence-electron chi connectivity index (χ4n) is 4.15. The number of benzene rings is 3. The first kappa shape index (κ1) is 19.4. The third-order valence-electron chi connectivity index (χ3n) is 5.62. The number of rotatable bonds is 6. The van der Waals surface area contributed by atoms with Crippen molar-refractivity contribution in [3.05, 3.63) is 101 Å². The molecule has 1 aromatic heterocycles. The Morgan fingerprint density at radius 2 is 1.59 bits per heavy atom. The van der Waals surface area contributed by atoms with Gasteiger partial charge in [0.1, 0.15) is 5.82 Å². The molecule has 0 saturated heterocycles. The van der Waals surface area contributed by atoms with Crippen molar-refractivity contribution in [2.45, 2.75) is 46.6 Å². The summed E-state index contributed by atoms with van der Waals surface area (Å²) >= 11 is 0. The normalized spacial score (nSPS) is 12.6. The van der Waals surface area contributed by atoms with Gasteiger partial charge in [0.15, 0.2) is 0 Å². The first-order valence-electron chi connectivity index (χ1n) is 10.6. The van der Waals surface area contributed by atoms with Crippen molar-refractivity contribution in [2.24, 2.45) is 5.92 Å². The zero-order valence-corrected chi connectivity index (χ0v) is 17.9. The van der Waals surface area contributed by atoms with Gasteiger partial charge >= 0.3 is 0 Å². The maximum Gasteiger partial charge on any atom is 0.117 e. The van der Waals surface area contributed by atoms with E-state index in [1.807, 2.05) is 0 Å². The zero-order chi connectivity index (χ0) is 20.4. The van der Waals surface area contributed by atoms with Gasteiger partial charge in [-0.25, -0.2) is 4.98 Å². The average Bonchev–Trinajstić information content (AvgIpc) is 3.06. The number of nitrogens with zero attached hydrogens (tertiary/aromatic N) is 2. The second kappa shape index (κ2) is 8.24. The van der Waals surface area contributed by atoms with Crippen LogP contribution < -0.4 is 0 Å². The molecular formula is C27H30N2. The van der Waals surface area contributed by atoms with Crippen LogP contribution in [0.1, 0.15) is 54.8 Å². The number of hydrogen-bond donors (Lipinski definition) is 0. The van der Waals surface area contributed by atoms with Crippen LogP contribution in [0.2, 0.25) is 0 Å². The van der Waals surface area contributed by atoms with Gasteiger partial charge in [-0.2, -0.15) is 0 Å². The van der Waals surface area contributed by atoms with Gasteiger partial charge in [-0.1, -0.05) is 87.0 Å². The molecule has 0 aliphatic rings. The van der Waals surface area contributed by atoms with E-state index in [2.05, 4.69) is 105 Å². The van der Waals surface area contributed by atoms with Gasteiger partial charge in [-0.05, 0) is 48.1 Å². The molecule has 0 aliphatic carbocycles. The summed E-state index contributed by atoms with van der Waals surface area (Å²) < 4.78 is 2.39. The molecule has 0 N–H and O–H groups in total. The lowest BCUT2D eigenvalue weighted by Crippen LogP contribution is -2.09. The lowest BCUT2D eigenvalue weighted by molar-refractivity contribution is 0.646. The molecule has 4 aromatic rings. The monoisotopic (exact) mass is 382 g/mol. The van der Waals surface area contributed by atoms with Crippen LogP contribution in [0.25, 0.3) is 11.0 Å². The lowest BCUT2D eigenvalue weighted by atomic mass is 9.96. The molecule has 0 bridgehead atoms. The van der Waals surface area contributed by atoms with E-state index in [-0.39, 0.29) is 5.92 Å². The molecule has 148 valence electrons. The van der Waals surface area contributed by atoms with Gasteiger partial charge in [-0.15, -0.1) is 0 Å². The van der Waals surface area contributed by atoms with Crippen molar-refractivity contribution in [3.63, 3.8) is 0 Å². The minimum atomic E-state index is 0.236. The molecule has 0 radical (unpaired) electrons. The standard InChI is InChI=1S/C27H30N2/c1-19(2)16-22-12-14-24(15-13-22)21(4)27-28-25-10-5-6-11-26(25)29(27)18-23-9-7-8-20(3)17-23/h5-15,17,19,21H,16,18H2,1-4H3/t21-/m0/s1. The smallest absolute Gasteiger partial charge is 0.117 e. The number of imidazole rings is 1. The van der Waals surface area contributed by atoms with E-state index < -0.39 is 0 Å². The first-order chi connectivity index (χ1) is 14.0. The van der Waals surface area contributed by atoms with Crippen molar-refractivity contribution in [1.82, 2.24) is 9.55 Å². The van der Waals surface area contributed by atoms with Crippen LogP contribution in [0.5, 0.6) is 0 Å². The van der Waals surface area contributed by atoms with Crippen molar-refractivity contribution in [2.75, 3.05) is 0 Å². The number of fused-ring (bicyclic) bond motifs is 1. The number of hydrogen-bond acceptors (Lipinski definition) is 1. The SMILES string of the molecule is Cc1cccc(Cn2c([C@@H](C)c3ccc(CC(C)C)cc3)nc3ccccc32)c1. The summed E-state index contributed by atoms with van der Waals surface area (Å²) in [6.45, 7) is 9.80. The summed E-state index contributed by atoms with van der Waals surface area (Å²) in [5.74, 6) is 2.04. The van der Waals surface area contributed by atoms with Crippen LogP contribution in [-0.2, 0) is 13.0 Å². The predicted octanol–water partition coefficient (Wildman–Crippen LogP) is 6.74. The van der Waals surface area contributed by atoms with Crippen LogP contribution in [0.4, 0.5) is 0 Å². The van der Waals surface area contributed by atoms with Crippen molar-refractivity contribution >= 4 is 11.0 Å². The van der Waals surface area contributed by atoms with Crippen LogP contribution in [0.3, 0.4) is 0 Å². The topological polar surface area (TPSA) is 17.8 Å². The Hall–Kier alpha value is -2.87. The molecule has 1 atom stereocenters. The van der Waals surface area contributed by atoms with E-state index in [4.69, 9.17) is 4.98 Å².